The van der Waals surface area contributed by atoms with Crippen LogP contribution in [0.4, 0.5) is 5.82 Å². The first-order chi connectivity index (χ1) is 7.25. The number of hydrogen-bond acceptors (Lipinski definition) is 4. The van der Waals surface area contributed by atoms with Gasteiger partial charge < -0.3 is 11.1 Å². The average Bonchev–Trinajstić information content (AvgIpc) is 2.25. The molecule has 4 nitrogen and oxygen atoms in total. The molecule has 0 saturated carbocycles. The van der Waals surface area contributed by atoms with Crippen molar-refractivity contribution in [1.82, 2.24) is 15.5 Å². The topological polar surface area (TPSA) is 63.8 Å². The molecule has 3 N–H and O–H groups in total. The van der Waals surface area contributed by atoms with Crippen molar-refractivity contribution in [2.45, 2.75) is 19.3 Å². The second-order valence-electron chi connectivity index (χ2n) is 3.99. The molecule has 1 aromatic heterocycles. The Morgan fingerprint density at radius 1 is 1.53 bits per heavy atom. The van der Waals surface area contributed by atoms with E-state index < -0.39 is 0 Å². The summed E-state index contributed by atoms with van der Waals surface area (Å²) in [6, 6.07) is 1.97. The van der Waals surface area contributed by atoms with Crippen LogP contribution in [0.15, 0.2) is 10.5 Å². The van der Waals surface area contributed by atoms with Crippen molar-refractivity contribution in [2.75, 3.05) is 18.8 Å². The highest BCUT2D eigenvalue weighted by molar-refractivity contribution is 9.10. The van der Waals surface area contributed by atoms with Crippen molar-refractivity contribution in [2.24, 2.45) is 5.92 Å². The van der Waals surface area contributed by atoms with Crippen molar-refractivity contribution < 1.29 is 0 Å². The first kappa shape index (κ1) is 10.8. The minimum absolute atomic E-state index is 0.459. The van der Waals surface area contributed by atoms with Gasteiger partial charge in [0, 0.05) is 0 Å². The van der Waals surface area contributed by atoms with E-state index in [1.54, 1.807) is 0 Å². The van der Waals surface area contributed by atoms with Crippen LogP contribution in [-0.2, 0) is 6.42 Å². The van der Waals surface area contributed by atoms with E-state index >= 15 is 0 Å². The third-order valence-electron chi connectivity index (χ3n) is 2.72. The first-order valence-corrected chi connectivity index (χ1v) is 6.03. The summed E-state index contributed by atoms with van der Waals surface area (Å²) in [6.45, 7) is 2.23. The molecular weight excluding hydrogens is 256 g/mol. The highest BCUT2D eigenvalue weighted by Gasteiger charge is 2.14. The Hall–Kier alpha value is -0.680. The highest BCUT2D eigenvalue weighted by atomic mass is 79.9. The minimum atomic E-state index is 0.459. The van der Waals surface area contributed by atoms with Gasteiger partial charge in [-0.2, -0.15) is 5.10 Å². The molecule has 0 aliphatic carbocycles. The lowest BCUT2D eigenvalue weighted by Gasteiger charge is -2.22. The Bertz CT molecular complexity index is 336. The van der Waals surface area contributed by atoms with Crippen molar-refractivity contribution in [3.05, 3.63) is 16.2 Å². The molecule has 2 rings (SSSR count). The lowest BCUT2D eigenvalue weighted by molar-refractivity contribution is 0.372. The third-order valence-corrected chi connectivity index (χ3v) is 3.36. The Morgan fingerprint density at radius 3 is 3.07 bits per heavy atom. The molecule has 2 heterocycles. The fraction of sp³-hybridized carbons (Fsp3) is 0.600. The zero-order valence-corrected chi connectivity index (χ0v) is 10.1. The number of halogens is 1. The van der Waals surface area contributed by atoms with Gasteiger partial charge in [0.05, 0.1) is 10.2 Å². The summed E-state index contributed by atoms with van der Waals surface area (Å²) >= 11 is 3.37. The van der Waals surface area contributed by atoms with E-state index in [4.69, 9.17) is 5.73 Å². The first-order valence-electron chi connectivity index (χ1n) is 5.24. The smallest absolute Gasteiger partial charge is 0.160 e. The van der Waals surface area contributed by atoms with Crippen LogP contribution >= 0.6 is 15.9 Å². The lowest BCUT2D eigenvalue weighted by Crippen LogP contribution is -2.31. The van der Waals surface area contributed by atoms with Gasteiger partial charge in [-0.25, -0.2) is 0 Å². The summed E-state index contributed by atoms with van der Waals surface area (Å²) in [6.07, 6.45) is 3.52. The number of nitrogen functional groups attached to an aromatic ring is 1. The number of nitrogens with two attached hydrogens (primary N) is 1. The maximum Gasteiger partial charge on any atom is 0.160 e. The molecular formula is C10H15BrN4. The van der Waals surface area contributed by atoms with E-state index in [-0.39, 0.29) is 0 Å². The molecule has 1 aliphatic heterocycles. The molecule has 1 aromatic rings. The molecule has 0 spiro atoms. The Balaban J connectivity index is 2.00. The van der Waals surface area contributed by atoms with Crippen LogP contribution in [0.5, 0.6) is 0 Å². The van der Waals surface area contributed by atoms with Crippen LogP contribution in [0, 0.1) is 5.92 Å². The Kier molecular flexibility index (Phi) is 3.53. The number of nitrogens with zero attached hydrogens (tertiary/aromatic N) is 2. The molecule has 15 heavy (non-hydrogen) atoms. The van der Waals surface area contributed by atoms with Gasteiger partial charge >= 0.3 is 0 Å². The van der Waals surface area contributed by atoms with E-state index in [0.717, 1.165) is 29.7 Å². The van der Waals surface area contributed by atoms with E-state index in [1.165, 1.54) is 12.8 Å². The van der Waals surface area contributed by atoms with Crippen molar-refractivity contribution in [3.8, 4) is 0 Å². The molecule has 0 radical (unpaired) electrons. The summed E-state index contributed by atoms with van der Waals surface area (Å²) in [5.74, 6) is 1.14. The van der Waals surface area contributed by atoms with Crippen LogP contribution < -0.4 is 11.1 Å². The van der Waals surface area contributed by atoms with Gasteiger partial charge in [0.15, 0.2) is 5.82 Å². The van der Waals surface area contributed by atoms with Gasteiger partial charge in [0.2, 0.25) is 0 Å². The number of nitrogens with one attached hydrogen (secondary N) is 1. The molecule has 0 amide bonds. The molecule has 1 saturated heterocycles. The standard InChI is InChI=1S/C10H15BrN4/c11-9-5-8(14-15-10(9)12)4-7-2-1-3-13-6-7/h5,7,13H,1-4,6H2,(H2,12,15). The number of anilines is 1. The summed E-state index contributed by atoms with van der Waals surface area (Å²) in [5.41, 5.74) is 6.61. The van der Waals surface area contributed by atoms with E-state index in [2.05, 4.69) is 31.4 Å². The second-order valence-corrected chi connectivity index (χ2v) is 4.84. The molecule has 1 unspecified atom stereocenters. The normalized spacial score (nSPS) is 21.5. The second kappa shape index (κ2) is 4.90. The van der Waals surface area contributed by atoms with Gasteiger partial charge in [-0.3, -0.25) is 0 Å². The molecule has 0 aromatic carbocycles. The van der Waals surface area contributed by atoms with Gasteiger partial charge in [-0.1, -0.05) is 0 Å². The van der Waals surface area contributed by atoms with E-state index in [0.29, 0.717) is 11.7 Å². The van der Waals surface area contributed by atoms with Gasteiger partial charge in [-0.15, -0.1) is 5.10 Å². The molecule has 1 atom stereocenters. The van der Waals surface area contributed by atoms with E-state index in [9.17, 15) is 0 Å². The van der Waals surface area contributed by atoms with Crippen LogP contribution in [0.25, 0.3) is 0 Å². The number of aromatic nitrogens is 2. The fourth-order valence-electron chi connectivity index (χ4n) is 1.91. The van der Waals surface area contributed by atoms with E-state index in [1.807, 2.05) is 6.07 Å². The Labute approximate surface area is 97.8 Å². The van der Waals surface area contributed by atoms with Gasteiger partial charge in [0.1, 0.15) is 0 Å². The monoisotopic (exact) mass is 270 g/mol. The predicted molar refractivity (Wildman–Crippen MR) is 63.4 cm³/mol. The molecule has 1 aliphatic rings. The van der Waals surface area contributed by atoms with Crippen LogP contribution in [0.1, 0.15) is 18.5 Å². The summed E-state index contributed by atoms with van der Waals surface area (Å²) in [4.78, 5) is 0. The van der Waals surface area contributed by atoms with Crippen molar-refractivity contribution in [3.63, 3.8) is 0 Å². The SMILES string of the molecule is Nc1nnc(CC2CCCNC2)cc1Br. The van der Waals surface area contributed by atoms with Gasteiger partial charge in [-0.05, 0) is 60.3 Å². The summed E-state index contributed by atoms with van der Waals surface area (Å²) in [5, 5.41) is 11.4. The maximum atomic E-state index is 5.59. The van der Waals surface area contributed by atoms with Gasteiger partial charge in [0.25, 0.3) is 0 Å². The number of piperidine rings is 1. The van der Waals surface area contributed by atoms with Crippen LogP contribution in [-0.4, -0.2) is 23.3 Å². The highest BCUT2D eigenvalue weighted by Crippen LogP contribution is 2.20. The average molecular weight is 271 g/mol. The maximum absolute atomic E-state index is 5.59. The zero-order valence-electron chi connectivity index (χ0n) is 8.54. The zero-order chi connectivity index (χ0) is 10.7. The lowest BCUT2D eigenvalue weighted by atomic mass is 9.95. The minimum Gasteiger partial charge on any atom is -0.381 e. The molecule has 0 bridgehead atoms. The Morgan fingerprint density at radius 2 is 2.40 bits per heavy atom. The number of rotatable bonds is 2. The quantitative estimate of drug-likeness (QED) is 0.852. The van der Waals surface area contributed by atoms with Crippen LogP contribution in [0.2, 0.25) is 0 Å². The molecule has 1 fully saturated rings. The third kappa shape index (κ3) is 2.89. The van der Waals surface area contributed by atoms with Crippen LogP contribution in [0.3, 0.4) is 0 Å². The fourth-order valence-corrected chi connectivity index (χ4v) is 2.25. The predicted octanol–water partition coefficient (Wildman–Crippen LogP) is 1.36. The van der Waals surface area contributed by atoms with Crippen molar-refractivity contribution >= 4 is 21.7 Å². The molecule has 5 heteroatoms. The van der Waals surface area contributed by atoms with Crippen molar-refractivity contribution in [1.29, 1.82) is 0 Å². The summed E-state index contributed by atoms with van der Waals surface area (Å²) in [7, 11) is 0. The molecule has 82 valence electrons. The largest absolute Gasteiger partial charge is 0.381 e. The summed E-state index contributed by atoms with van der Waals surface area (Å²) < 4.78 is 0.844. The number of hydrogen-bond donors (Lipinski definition) is 2.